The van der Waals surface area contributed by atoms with Gasteiger partial charge in [-0.05, 0) is 66.7 Å². The third-order valence-electron chi connectivity index (χ3n) is 2.94. The fourth-order valence-corrected chi connectivity index (χ4v) is 2.38. The second-order valence-corrected chi connectivity index (χ2v) is 5.02. The molecule has 2 rings (SSSR count). The zero-order valence-electron chi connectivity index (χ0n) is 9.47. The first-order valence-corrected chi connectivity index (χ1v) is 6.77. The number of furan rings is 1. The SMILES string of the molecule is Brc1ccc(CNCCC2=CCCCC2)o1. The van der Waals surface area contributed by atoms with Crippen LogP contribution in [0.4, 0.5) is 0 Å². The van der Waals surface area contributed by atoms with Crippen molar-refractivity contribution in [2.45, 2.75) is 38.6 Å². The molecule has 0 saturated heterocycles. The Morgan fingerprint density at radius 2 is 2.25 bits per heavy atom. The summed E-state index contributed by atoms with van der Waals surface area (Å²) in [6, 6.07) is 3.93. The predicted octanol–water partition coefficient (Wildman–Crippen LogP) is 4.02. The molecule has 1 heterocycles. The Bertz CT molecular complexity index is 357. The average Bonchev–Trinajstić information content (AvgIpc) is 2.72. The van der Waals surface area contributed by atoms with Crippen LogP contribution in [0.3, 0.4) is 0 Å². The number of allylic oxidation sites excluding steroid dienone is 1. The molecule has 0 bridgehead atoms. The summed E-state index contributed by atoms with van der Waals surface area (Å²) in [4.78, 5) is 0. The smallest absolute Gasteiger partial charge is 0.169 e. The highest BCUT2D eigenvalue weighted by molar-refractivity contribution is 9.10. The van der Waals surface area contributed by atoms with E-state index >= 15 is 0 Å². The van der Waals surface area contributed by atoms with Crippen molar-refractivity contribution in [1.82, 2.24) is 5.32 Å². The van der Waals surface area contributed by atoms with Crippen molar-refractivity contribution in [3.63, 3.8) is 0 Å². The molecule has 1 N–H and O–H groups in total. The molecule has 16 heavy (non-hydrogen) atoms. The summed E-state index contributed by atoms with van der Waals surface area (Å²) in [6.45, 7) is 1.86. The van der Waals surface area contributed by atoms with Crippen LogP contribution in [0.5, 0.6) is 0 Å². The summed E-state index contributed by atoms with van der Waals surface area (Å²) in [5, 5.41) is 3.41. The Labute approximate surface area is 105 Å². The molecule has 3 heteroatoms. The van der Waals surface area contributed by atoms with E-state index in [9.17, 15) is 0 Å². The maximum atomic E-state index is 5.42. The van der Waals surface area contributed by atoms with Crippen LogP contribution >= 0.6 is 15.9 Å². The van der Waals surface area contributed by atoms with Gasteiger partial charge in [0.15, 0.2) is 4.67 Å². The molecular formula is C13H18BrNO. The minimum absolute atomic E-state index is 0.805. The van der Waals surface area contributed by atoms with Gasteiger partial charge in [0.05, 0.1) is 6.54 Å². The number of nitrogens with one attached hydrogen (secondary N) is 1. The minimum atomic E-state index is 0.805. The van der Waals surface area contributed by atoms with Gasteiger partial charge in [0.25, 0.3) is 0 Å². The number of hydrogen-bond acceptors (Lipinski definition) is 2. The average molecular weight is 284 g/mol. The molecule has 0 amide bonds. The quantitative estimate of drug-likeness (QED) is 0.652. The van der Waals surface area contributed by atoms with Gasteiger partial charge in [0, 0.05) is 0 Å². The van der Waals surface area contributed by atoms with Gasteiger partial charge < -0.3 is 9.73 Å². The molecule has 0 aromatic carbocycles. The third-order valence-corrected chi connectivity index (χ3v) is 3.36. The maximum Gasteiger partial charge on any atom is 0.169 e. The van der Waals surface area contributed by atoms with Crippen molar-refractivity contribution in [1.29, 1.82) is 0 Å². The van der Waals surface area contributed by atoms with Gasteiger partial charge in [-0.1, -0.05) is 11.6 Å². The zero-order valence-corrected chi connectivity index (χ0v) is 11.1. The van der Waals surface area contributed by atoms with Crippen molar-refractivity contribution in [3.8, 4) is 0 Å². The lowest BCUT2D eigenvalue weighted by Crippen LogP contribution is -2.15. The normalized spacial score (nSPS) is 16.2. The van der Waals surface area contributed by atoms with E-state index in [1.165, 1.54) is 32.1 Å². The van der Waals surface area contributed by atoms with Gasteiger partial charge in [-0.2, -0.15) is 0 Å². The standard InChI is InChI=1S/C13H18BrNO/c14-13-7-6-12(16-13)10-15-9-8-11-4-2-1-3-5-11/h4,6-7,15H,1-3,5,8-10H2. The summed E-state index contributed by atoms with van der Waals surface area (Å²) in [6.07, 6.45) is 8.92. The van der Waals surface area contributed by atoms with Crippen molar-refractivity contribution in [3.05, 3.63) is 34.2 Å². The molecule has 0 atom stereocenters. The van der Waals surface area contributed by atoms with E-state index in [1.807, 2.05) is 12.1 Å². The van der Waals surface area contributed by atoms with Crippen molar-refractivity contribution >= 4 is 15.9 Å². The third kappa shape index (κ3) is 3.80. The fourth-order valence-electron chi connectivity index (χ4n) is 2.04. The number of rotatable bonds is 5. The molecule has 0 aliphatic heterocycles. The van der Waals surface area contributed by atoms with E-state index in [-0.39, 0.29) is 0 Å². The van der Waals surface area contributed by atoms with Crippen LogP contribution in [0.25, 0.3) is 0 Å². The Morgan fingerprint density at radius 1 is 1.31 bits per heavy atom. The summed E-state index contributed by atoms with van der Waals surface area (Å²) >= 11 is 3.30. The van der Waals surface area contributed by atoms with Crippen LogP contribution in [0.15, 0.2) is 32.9 Å². The molecule has 1 aromatic heterocycles. The maximum absolute atomic E-state index is 5.42. The van der Waals surface area contributed by atoms with E-state index < -0.39 is 0 Å². The minimum Gasteiger partial charge on any atom is -0.453 e. The van der Waals surface area contributed by atoms with Crippen molar-refractivity contribution in [2.75, 3.05) is 6.54 Å². The van der Waals surface area contributed by atoms with Crippen molar-refractivity contribution < 1.29 is 4.42 Å². The lowest BCUT2D eigenvalue weighted by molar-refractivity contribution is 0.465. The summed E-state index contributed by atoms with van der Waals surface area (Å²) in [7, 11) is 0. The molecular weight excluding hydrogens is 266 g/mol. The zero-order chi connectivity index (χ0) is 11.2. The molecule has 0 fully saturated rings. The van der Waals surface area contributed by atoms with Gasteiger partial charge in [0.2, 0.25) is 0 Å². The summed E-state index contributed by atoms with van der Waals surface area (Å²) in [5.74, 6) is 0.990. The van der Waals surface area contributed by atoms with Gasteiger partial charge in [0.1, 0.15) is 5.76 Å². The highest BCUT2D eigenvalue weighted by atomic mass is 79.9. The first-order valence-electron chi connectivity index (χ1n) is 5.97. The lowest BCUT2D eigenvalue weighted by atomic mass is 9.97. The van der Waals surface area contributed by atoms with Gasteiger partial charge in [-0.3, -0.25) is 0 Å². The van der Waals surface area contributed by atoms with Crippen LogP contribution in [0.2, 0.25) is 0 Å². The molecule has 0 radical (unpaired) electrons. The van der Waals surface area contributed by atoms with E-state index in [4.69, 9.17) is 4.42 Å². The lowest BCUT2D eigenvalue weighted by Gasteiger charge is -2.12. The van der Waals surface area contributed by atoms with Crippen LogP contribution in [0, 0.1) is 0 Å². The van der Waals surface area contributed by atoms with Crippen molar-refractivity contribution in [2.24, 2.45) is 0 Å². The molecule has 0 unspecified atom stereocenters. The van der Waals surface area contributed by atoms with Gasteiger partial charge >= 0.3 is 0 Å². The van der Waals surface area contributed by atoms with Crippen LogP contribution in [-0.2, 0) is 6.54 Å². The topological polar surface area (TPSA) is 25.2 Å². The summed E-state index contributed by atoms with van der Waals surface area (Å²) in [5.41, 5.74) is 1.62. The van der Waals surface area contributed by atoms with E-state index in [1.54, 1.807) is 5.57 Å². The molecule has 0 saturated carbocycles. The highest BCUT2D eigenvalue weighted by Crippen LogP contribution is 2.19. The highest BCUT2D eigenvalue weighted by Gasteiger charge is 2.03. The van der Waals surface area contributed by atoms with E-state index in [0.717, 1.165) is 23.5 Å². The Morgan fingerprint density at radius 3 is 2.94 bits per heavy atom. The first kappa shape index (κ1) is 11.9. The molecule has 2 nitrogen and oxygen atoms in total. The van der Waals surface area contributed by atoms with Gasteiger partial charge in [-0.25, -0.2) is 0 Å². The second kappa shape index (κ2) is 6.26. The largest absolute Gasteiger partial charge is 0.453 e. The molecule has 1 aromatic rings. The van der Waals surface area contributed by atoms with Crippen LogP contribution in [0.1, 0.15) is 37.9 Å². The predicted molar refractivity (Wildman–Crippen MR) is 69.3 cm³/mol. The monoisotopic (exact) mass is 283 g/mol. The first-order chi connectivity index (χ1) is 7.84. The second-order valence-electron chi connectivity index (χ2n) is 4.24. The molecule has 1 aliphatic rings. The Hall–Kier alpha value is -0.540. The van der Waals surface area contributed by atoms with Gasteiger partial charge in [-0.15, -0.1) is 0 Å². The number of halogens is 1. The molecule has 88 valence electrons. The van der Waals surface area contributed by atoms with Crippen LogP contribution < -0.4 is 5.32 Å². The molecule has 0 spiro atoms. The van der Waals surface area contributed by atoms with E-state index in [2.05, 4.69) is 27.3 Å². The Balaban J connectivity index is 1.63. The Kier molecular flexibility index (Phi) is 4.67. The number of hydrogen-bond donors (Lipinski definition) is 1. The fraction of sp³-hybridized carbons (Fsp3) is 0.538. The molecule has 1 aliphatic carbocycles. The van der Waals surface area contributed by atoms with E-state index in [0.29, 0.717) is 0 Å². The summed E-state index contributed by atoms with van der Waals surface area (Å²) < 4.78 is 6.22. The van der Waals surface area contributed by atoms with Crippen LogP contribution in [-0.4, -0.2) is 6.54 Å².